The largest absolute Gasteiger partial charge is 0.494 e. The van der Waals surface area contributed by atoms with Gasteiger partial charge in [0.15, 0.2) is 5.82 Å². The number of benzene rings is 1. The first kappa shape index (κ1) is 19.4. The highest BCUT2D eigenvalue weighted by Crippen LogP contribution is 2.20. The fourth-order valence-electron chi connectivity index (χ4n) is 2.89. The molecule has 0 unspecified atom stereocenters. The van der Waals surface area contributed by atoms with Crippen molar-refractivity contribution in [2.45, 2.75) is 71.1 Å². The third kappa shape index (κ3) is 8.10. The Morgan fingerprint density at radius 1 is 0.800 bits per heavy atom. The summed E-state index contributed by atoms with van der Waals surface area (Å²) < 4.78 is 5.87. The molecule has 25 heavy (non-hydrogen) atoms. The summed E-state index contributed by atoms with van der Waals surface area (Å²) in [5, 5.41) is 0. The molecular formula is C21H31N3O. The quantitative estimate of drug-likeness (QED) is 0.429. The second-order valence-electron chi connectivity index (χ2n) is 6.52. The molecule has 0 N–H and O–H groups in total. The van der Waals surface area contributed by atoms with E-state index >= 15 is 0 Å². The molecule has 0 spiro atoms. The van der Waals surface area contributed by atoms with E-state index in [1.165, 1.54) is 70.4 Å². The minimum atomic E-state index is 0.680. The molecular weight excluding hydrogens is 310 g/mol. The smallest absolute Gasteiger partial charge is 0.162 e. The maximum Gasteiger partial charge on any atom is 0.162 e. The van der Waals surface area contributed by atoms with E-state index in [2.05, 4.69) is 21.9 Å². The highest BCUT2D eigenvalue weighted by molar-refractivity contribution is 5.56. The van der Waals surface area contributed by atoms with E-state index in [4.69, 9.17) is 4.74 Å². The molecule has 2 rings (SSSR count). The molecule has 0 amide bonds. The van der Waals surface area contributed by atoms with Gasteiger partial charge in [-0.1, -0.05) is 76.8 Å². The summed E-state index contributed by atoms with van der Waals surface area (Å²) >= 11 is 0. The van der Waals surface area contributed by atoms with Crippen molar-refractivity contribution >= 4 is 0 Å². The van der Waals surface area contributed by atoms with Gasteiger partial charge in [0.1, 0.15) is 18.4 Å². The van der Waals surface area contributed by atoms with Gasteiger partial charge in [0.2, 0.25) is 0 Å². The van der Waals surface area contributed by atoms with E-state index in [1.54, 1.807) is 0 Å². The molecule has 0 fully saturated rings. The van der Waals surface area contributed by atoms with Gasteiger partial charge in [-0.25, -0.2) is 15.0 Å². The minimum absolute atomic E-state index is 0.680. The first-order valence-corrected chi connectivity index (χ1v) is 9.75. The van der Waals surface area contributed by atoms with Crippen molar-refractivity contribution in [1.82, 2.24) is 15.0 Å². The average molecular weight is 341 g/mol. The summed E-state index contributed by atoms with van der Waals surface area (Å²) in [6, 6.07) is 7.95. The number of rotatable bonds is 13. The molecule has 0 radical (unpaired) electrons. The SMILES string of the molecule is CCCCCCCCCCCCOc1cccc(-c2ncncn2)c1. The normalized spacial score (nSPS) is 10.8. The van der Waals surface area contributed by atoms with Crippen LogP contribution in [0.4, 0.5) is 0 Å². The fraction of sp³-hybridized carbons (Fsp3) is 0.571. The van der Waals surface area contributed by atoms with Gasteiger partial charge in [-0.15, -0.1) is 0 Å². The lowest BCUT2D eigenvalue weighted by molar-refractivity contribution is 0.304. The maximum atomic E-state index is 5.87. The van der Waals surface area contributed by atoms with Crippen molar-refractivity contribution in [3.63, 3.8) is 0 Å². The van der Waals surface area contributed by atoms with Crippen LogP contribution in [0.5, 0.6) is 5.75 Å². The Morgan fingerprint density at radius 2 is 1.44 bits per heavy atom. The third-order valence-electron chi connectivity index (χ3n) is 4.35. The molecule has 2 aromatic rings. The van der Waals surface area contributed by atoms with Crippen LogP contribution >= 0.6 is 0 Å². The van der Waals surface area contributed by atoms with E-state index in [9.17, 15) is 0 Å². The molecule has 0 aliphatic heterocycles. The van der Waals surface area contributed by atoms with Crippen LogP contribution in [0.3, 0.4) is 0 Å². The van der Waals surface area contributed by atoms with E-state index in [0.717, 1.165) is 24.3 Å². The molecule has 0 aliphatic carbocycles. The van der Waals surface area contributed by atoms with E-state index < -0.39 is 0 Å². The van der Waals surface area contributed by atoms with Gasteiger partial charge < -0.3 is 4.74 Å². The van der Waals surface area contributed by atoms with Crippen molar-refractivity contribution in [2.75, 3.05) is 6.61 Å². The van der Waals surface area contributed by atoms with E-state index in [0.29, 0.717) is 5.82 Å². The van der Waals surface area contributed by atoms with Crippen LogP contribution in [-0.4, -0.2) is 21.6 Å². The lowest BCUT2D eigenvalue weighted by atomic mass is 10.1. The maximum absolute atomic E-state index is 5.87. The van der Waals surface area contributed by atoms with Crippen LogP contribution < -0.4 is 4.74 Å². The Kier molecular flexibility index (Phi) is 9.60. The minimum Gasteiger partial charge on any atom is -0.494 e. The van der Waals surface area contributed by atoms with Crippen LogP contribution in [0.15, 0.2) is 36.9 Å². The molecule has 0 bridgehead atoms. The Balaban J connectivity index is 1.55. The van der Waals surface area contributed by atoms with Crippen LogP contribution in [0, 0.1) is 0 Å². The Bertz CT molecular complexity index is 574. The predicted octanol–water partition coefficient (Wildman–Crippen LogP) is 5.84. The van der Waals surface area contributed by atoms with Crippen LogP contribution in [0.1, 0.15) is 71.1 Å². The fourth-order valence-corrected chi connectivity index (χ4v) is 2.89. The zero-order chi connectivity index (χ0) is 17.6. The zero-order valence-electron chi connectivity index (χ0n) is 15.5. The topological polar surface area (TPSA) is 47.9 Å². The van der Waals surface area contributed by atoms with Crippen LogP contribution in [0.2, 0.25) is 0 Å². The van der Waals surface area contributed by atoms with Crippen molar-refractivity contribution in [2.24, 2.45) is 0 Å². The standard InChI is InChI=1S/C21H31N3O/c1-2-3-4-5-6-7-8-9-10-11-15-25-20-14-12-13-19(16-20)21-23-17-22-18-24-21/h12-14,16-18H,2-11,15H2,1H3. The molecule has 1 aromatic heterocycles. The first-order valence-electron chi connectivity index (χ1n) is 9.75. The Hall–Kier alpha value is -1.97. The molecule has 0 saturated carbocycles. The number of nitrogens with zero attached hydrogens (tertiary/aromatic N) is 3. The lowest BCUT2D eigenvalue weighted by Gasteiger charge is -2.07. The monoisotopic (exact) mass is 341 g/mol. The number of aromatic nitrogens is 3. The highest BCUT2D eigenvalue weighted by atomic mass is 16.5. The molecule has 1 heterocycles. The van der Waals surface area contributed by atoms with Crippen molar-refractivity contribution in [3.8, 4) is 17.1 Å². The lowest BCUT2D eigenvalue weighted by Crippen LogP contribution is -1.98. The first-order chi connectivity index (χ1) is 12.4. The number of ether oxygens (including phenoxy) is 1. The van der Waals surface area contributed by atoms with Gasteiger partial charge in [0, 0.05) is 5.56 Å². The van der Waals surface area contributed by atoms with Gasteiger partial charge in [-0.2, -0.15) is 0 Å². The number of hydrogen-bond donors (Lipinski definition) is 0. The van der Waals surface area contributed by atoms with Crippen molar-refractivity contribution < 1.29 is 4.74 Å². The molecule has 0 atom stereocenters. The molecule has 136 valence electrons. The second kappa shape index (κ2) is 12.4. The van der Waals surface area contributed by atoms with Crippen LogP contribution in [0.25, 0.3) is 11.4 Å². The summed E-state index contributed by atoms with van der Waals surface area (Å²) in [6.45, 7) is 3.04. The molecule has 4 heteroatoms. The average Bonchev–Trinajstić information content (AvgIpc) is 2.67. The Morgan fingerprint density at radius 3 is 2.12 bits per heavy atom. The highest BCUT2D eigenvalue weighted by Gasteiger charge is 2.02. The van der Waals surface area contributed by atoms with Gasteiger partial charge in [-0.05, 0) is 18.6 Å². The van der Waals surface area contributed by atoms with Gasteiger partial charge in [-0.3, -0.25) is 0 Å². The summed E-state index contributed by atoms with van der Waals surface area (Å²) in [4.78, 5) is 12.2. The van der Waals surface area contributed by atoms with Gasteiger partial charge >= 0.3 is 0 Å². The van der Waals surface area contributed by atoms with Gasteiger partial charge in [0.25, 0.3) is 0 Å². The van der Waals surface area contributed by atoms with E-state index in [1.807, 2.05) is 24.3 Å². The Labute approximate surface area is 152 Å². The second-order valence-corrected chi connectivity index (χ2v) is 6.52. The molecule has 1 aromatic carbocycles. The van der Waals surface area contributed by atoms with Gasteiger partial charge in [0.05, 0.1) is 6.61 Å². The summed E-state index contributed by atoms with van der Waals surface area (Å²) in [7, 11) is 0. The summed E-state index contributed by atoms with van der Waals surface area (Å²) in [5.74, 6) is 1.56. The number of unbranched alkanes of at least 4 members (excludes halogenated alkanes) is 9. The van der Waals surface area contributed by atoms with Crippen molar-refractivity contribution in [3.05, 3.63) is 36.9 Å². The van der Waals surface area contributed by atoms with E-state index in [-0.39, 0.29) is 0 Å². The molecule has 0 aliphatic rings. The van der Waals surface area contributed by atoms with Crippen molar-refractivity contribution in [1.29, 1.82) is 0 Å². The summed E-state index contributed by atoms with van der Waals surface area (Å²) in [6.07, 6.45) is 16.4. The zero-order valence-corrected chi connectivity index (χ0v) is 15.5. The molecule has 0 saturated heterocycles. The summed E-state index contributed by atoms with van der Waals surface area (Å²) in [5.41, 5.74) is 0.961. The number of hydrogen-bond acceptors (Lipinski definition) is 4. The van der Waals surface area contributed by atoms with Crippen LogP contribution in [-0.2, 0) is 0 Å². The molecule has 4 nitrogen and oxygen atoms in total. The third-order valence-corrected chi connectivity index (χ3v) is 4.35. The predicted molar refractivity (Wildman–Crippen MR) is 103 cm³/mol.